The van der Waals surface area contributed by atoms with Crippen LogP contribution in [0.25, 0.3) is 0 Å². The van der Waals surface area contributed by atoms with E-state index in [1.807, 2.05) is 30.3 Å². The van der Waals surface area contributed by atoms with Crippen LogP contribution in [0.5, 0.6) is 11.5 Å². The van der Waals surface area contributed by atoms with Gasteiger partial charge in [-0.15, -0.1) is 0 Å². The van der Waals surface area contributed by atoms with Crippen molar-refractivity contribution in [2.24, 2.45) is 0 Å². The molecule has 0 radical (unpaired) electrons. The molecule has 1 aliphatic rings. The molecule has 3 atom stereocenters. The molecule has 0 amide bonds. The Kier molecular flexibility index (Phi) is 8.62. The molecule has 1 N–H and O–H groups in total. The minimum Gasteiger partial charge on any atom is -0.497 e. The smallest absolute Gasteiger partial charge is 0.118 e. The molecule has 0 saturated carbocycles. The van der Waals surface area contributed by atoms with Crippen LogP contribution in [0.1, 0.15) is 48.4 Å². The molecule has 4 rings (SSSR count). The van der Waals surface area contributed by atoms with E-state index >= 15 is 0 Å². The van der Waals surface area contributed by atoms with E-state index in [2.05, 4.69) is 53.4 Å². The van der Waals surface area contributed by atoms with Crippen molar-refractivity contribution < 1.29 is 14.6 Å². The number of aryl methyl sites for hydroxylation is 2. The highest BCUT2D eigenvalue weighted by atomic mass is 16.5. The Labute approximate surface area is 204 Å². The number of methoxy groups -OCH3 is 2. The molecule has 1 aliphatic heterocycles. The fourth-order valence-electron chi connectivity index (χ4n) is 5.37. The van der Waals surface area contributed by atoms with Gasteiger partial charge in [0.1, 0.15) is 11.5 Å². The summed E-state index contributed by atoms with van der Waals surface area (Å²) in [6, 6.07) is 28.3. The van der Waals surface area contributed by atoms with Gasteiger partial charge in [-0.05, 0) is 79.5 Å². The van der Waals surface area contributed by atoms with Crippen LogP contribution in [0.4, 0.5) is 0 Å². The highest BCUT2D eigenvalue weighted by molar-refractivity contribution is 5.28. The fourth-order valence-corrected chi connectivity index (χ4v) is 5.37. The van der Waals surface area contributed by atoms with Gasteiger partial charge in [-0.3, -0.25) is 4.90 Å². The summed E-state index contributed by atoms with van der Waals surface area (Å²) in [7, 11) is 3.41. The number of ether oxygens (including phenoxy) is 2. The zero-order valence-corrected chi connectivity index (χ0v) is 20.4. The van der Waals surface area contributed by atoms with Crippen molar-refractivity contribution in [3.05, 3.63) is 95.6 Å². The number of likely N-dealkylation sites (tertiary alicyclic amines) is 1. The highest BCUT2D eigenvalue weighted by Crippen LogP contribution is 2.37. The molecule has 3 aromatic carbocycles. The van der Waals surface area contributed by atoms with E-state index in [1.165, 1.54) is 29.5 Å². The van der Waals surface area contributed by atoms with E-state index in [-0.39, 0.29) is 12.6 Å². The molecule has 3 aromatic rings. The van der Waals surface area contributed by atoms with E-state index in [9.17, 15) is 5.11 Å². The van der Waals surface area contributed by atoms with Gasteiger partial charge in [-0.1, -0.05) is 54.6 Å². The van der Waals surface area contributed by atoms with Crippen LogP contribution >= 0.6 is 0 Å². The van der Waals surface area contributed by atoms with Gasteiger partial charge in [-0.2, -0.15) is 0 Å². The number of benzene rings is 3. The summed E-state index contributed by atoms with van der Waals surface area (Å²) in [5.41, 5.74) is 3.88. The highest BCUT2D eigenvalue weighted by Gasteiger charge is 2.37. The van der Waals surface area contributed by atoms with E-state index in [1.54, 1.807) is 14.2 Å². The molecular weight excluding hydrogens is 422 g/mol. The third-order valence-corrected chi connectivity index (χ3v) is 7.24. The van der Waals surface area contributed by atoms with E-state index in [4.69, 9.17) is 9.47 Å². The Morgan fingerprint density at radius 2 is 1.21 bits per heavy atom. The molecule has 34 heavy (non-hydrogen) atoms. The maximum absolute atomic E-state index is 10.5. The van der Waals surface area contributed by atoms with Gasteiger partial charge in [0.25, 0.3) is 0 Å². The predicted molar refractivity (Wildman–Crippen MR) is 138 cm³/mol. The third kappa shape index (κ3) is 5.99. The molecule has 4 heteroatoms. The second-order valence-corrected chi connectivity index (χ2v) is 9.21. The van der Waals surface area contributed by atoms with Gasteiger partial charge in [0, 0.05) is 12.1 Å². The lowest BCUT2D eigenvalue weighted by Crippen LogP contribution is -2.41. The molecule has 0 aromatic heterocycles. The molecular formula is C30H37NO3. The Morgan fingerprint density at radius 3 is 1.62 bits per heavy atom. The molecule has 0 aliphatic carbocycles. The summed E-state index contributed by atoms with van der Waals surface area (Å²) in [5, 5.41) is 10.5. The molecule has 1 saturated heterocycles. The van der Waals surface area contributed by atoms with Gasteiger partial charge < -0.3 is 14.6 Å². The van der Waals surface area contributed by atoms with Gasteiger partial charge in [0.05, 0.1) is 26.9 Å². The van der Waals surface area contributed by atoms with Gasteiger partial charge >= 0.3 is 0 Å². The Morgan fingerprint density at radius 1 is 0.735 bits per heavy atom. The molecule has 0 bridgehead atoms. The average molecular weight is 460 g/mol. The maximum Gasteiger partial charge on any atom is 0.118 e. The van der Waals surface area contributed by atoms with Gasteiger partial charge in [0.2, 0.25) is 0 Å². The third-order valence-electron chi connectivity index (χ3n) is 7.24. The van der Waals surface area contributed by atoms with Crippen molar-refractivity contribution in [1.29, 1.82) is 0 Å². The number of aliphatic hydroxyl groups is 1. The van der Waals surface area contributed by atoms with Crippen molar-refractivity contribution in [3.8, 4) is 11.5 Å². The van der Waals surface area contributed by atoms with Gasteiger partial charge in [-0.25, -0.2) is 0 Å². The number of hydrogen-bond donors (Lipinski definition) is 1. The first-order valence-electron chi connectivity index (χ1n) is 12.4. The lowest BCUT2D eigenvalue weighted by Gasteiger charge is -2.37. The monoisotopic (exact) mass is 459 g/mol. The molecule has 1 heterocycles. The van der Waals surface area contributed by atoms with E-state index in [0.29, 0.717) is 12.1 Å². The summed E-state index contributed by atoms with van der Waals surface area (Å²) in [6.45, 7) is 0.141. The molecule has 1 fully saturated rings. The average Bonchev–Trinajstić information content (AvgIpc) is 3.30. The summed E-state index contributed by atoms with van der Waals surface area (Å²) in [5.74, 6) is 1.79. The Balaban J connectivity index is 1.48. The zero-order valence-electron chi connectivity index (χ0n) is 20.4. The van der Waals surface area contributed by atoms with E-state index in [0.717, 1.165) is 37.2 Å². The van der Waals surface area contributed by atoms with Crippen LogP contribution < -0.4 is 9.47 Å². The van der Waals surface area contributed by atoms with Crippen LogP contribution in [-0.2, 0) is 12.8 Å². The first-order chi connectivity index (χ1) is 16.7. The fraction of sp³-hybridized carbons (Fsp3) is 0.400. The quantitative estimate of drug-likeness (QED) is 0.391. The van der Waals surface area contributed by atoms with Crippen molar-refractivity contribution in [1.82, 2.24) is 4.90 Å². The molecule has 180 valence electrons. The summed E-state index contributed by atoms with van der Waals surface area (Å²) in [4.78, 5) is 2.63. The normalized spacial score (nSPS) is 19.1. The number of nitrogens with zero attached hydrogens (tertiary/aromatic N) is 1. The standard InChI is InChI=1S/C30H37NO3/c1-33-28-18-10-23(11-19-28)8-14-26-16-17-27(15-9-24-12-20-29(34-2)21-13-24)31(26)30(22-32)25-6-4-3-5-7-25/h3-7,10-13,18-21,26-27,30,32H,8-9,14-17,22H2,1-2H3/t26-,27-,30+/m1/s1. The van der Waals surface area contributed by atoms with Crippen LogP contribution in [0, 0.1) is 0 Å². The summed E-state index contributed by atoms with van der Waals surface area (Å²) < 4.78 is 10.6. The lowest BCUT2D eigenvalue weighted by atomic mass is 9.99. The van der Waals surface area contributed by atoms with Crippen LogP contribution in [0.15, 0.2) is 78.9 Å². The van der Waals surface area contributed by atoms with Crippen molar-refractivity contribution >= 4 is 0 Å². The van der Waals surface area contributed by atoms with Crippen LogP contribution in [0.3, 0.4) is 0 Å². The predicted octanol–water partition coefficient (Wildman–Crippen LogP) is 5.84. The van der Waals surface area contributed by atoms with Crippen LogP contribution in [-0.4, -0.2) is 42.9 Å². The first-order valence-corrected chi connectivity index (χ1v) is 12.4. The molecule has 0 spiro atoms. The first kappa shape index (κ1) is 24.3. The van der Waals surface area contributed by atoms with E-state index < -0.39 is 0 Å². The number of aliphatic hydroxyl groups excluding tert-OH is 1. The maximum atomic E-state index is 10.5. The van der Waals surface area contributed by atoms with Crippen molar-refractivity contribution in [2.45, 2.75) is 56.7 Å². The Hall–Kier alpha value is -2.82. The number of hydrogen-bond acceptors (Lipinski definition) is 4. The topological polar surface area (TPSA) is 41.9 Å². The zero-order chi connectivity index (χ0) is 23.8. The minimum atomic E-state index is 0.0328. The minimum absolute atomic E-state index is 0.0328. The second-order valence-electron chi connectivity index (χ2n) is 9.21. The second kappa shape index (κ2) is 12.0. The van der Waals surface area contributed by atoms with Crippen LogP contribution in [0.2, 0.25) is 0 Å². The lowest BCUT2D eigenvalue weighted by molar-refractivity contribution is 0.0707. The Bertz CT molecular complexity index is 928. The SMILES string of the molecule is COc1ccc(CC[C@@H]2CC[C@@H](CCc3ccc(OC)cc3)N2[C@@H](CO)c2ccccc2)cc1. The van der Waals surface area contributed by atoms with Crippen molar-refractivity contribution in [3.63, 3.8) is 0 Å². The van der Waals surface area contributed by atoms with Crippen molar-refractivity contribution in [2.75, 3.05) is 20.8 Å². The summed E-state index contributed by atoms with van der Waals surface area (Å²) in [6.07, 6.45) is 6.59. The summed E-state index contributed by atoms with van der Waals surface area (Å²) >= 11 is 0. The number of rotatable bonds is 11. The van der Waals surface area contributed by atoms with Gasteiger partial charge in [0.15, 0.2) is 0 Å². The largest absolute Gasteiger partial charge is 0.497 e. The molecule has 4 nitrogen and oxygen atoms in total. The molecule has 0 unspecified atom stereocenters.